The van der Waals surface area contributed by atoms with E-state index in [9.17, 15) is 0 Å². The fourth-order valence-corrected chi connectivity index (χ4v) is 3.15. The molecule has 0 aliphatic carbocycles. The number of hydrogen-bond acceptors (Lipinski definition) is 5. The van der Waals surface area contributed by atoms with E-state index in [1.165, 1.54) is 17.3 Å². The van der Waals surface area contributed by atoms with Crippen LogP contribution in [0.5, 0.6) is 0 Å². The lowest BCUT2D eigenvalue weighted by Crippen LogP contribution is -2.04. The topological polar surface area (TPSA) is 67.4 Å². The molecule has 2 aromatic heterocycles. The standard InChI is InChI=1S/C17H15N5S/c1-2-22-15(11-13-7-4-3-5-8-13)20-21-17(22)23-16-10-6-9-14(12-18)19-16/h3-10H,2,11H2,1H3. The molecule has 2 heterocycles. The van der Waals surface area contributed by atoms with Gasteiger partial charge >= 0.3 is 0 Å². The van der Waals surface area contributed by atoms with Gasteiger partial charge in [0.2, 0.25) is 0 Å². The molecule has 5 nitrogen and oxygen atoms in total. The summed E-state index contributed by atoms with van der Waals surface area (Å²) in [6, 6.07) is 17.7. The van der Waals surface area contributed by atoms with Gasteiger partial charge in [-0.3, -0.25) is 0 Å². The second-order valence-corrected chi connectivity index (χ2v) is 5.87. The third kappa shape index (κ3) is 3.58. The third-order valence-electron chi connectivity index (χ3n) is 3.35. The molecule has 3 aromatic rings. The summed E-state index contributed by atoms with van der Waals surface area (Å²) in [6.07, 6.45) is 0.744. The smallest absolute Gasteiger partial charge is 0.197 e. The Morgan fingerprint density at radius 1 is 1.09 bits per heavy atom. The summed E-state index contributed by atoms with van der Waals surface area (Å²) in [5, 5.41) is 19.1. The predicted octanol–water partition coefficient (Wildman–Crippen LogP) is 3.31. The maximum absolute atomic E-state index is 8.94. The summed E-state index contributed by atoms with van der Waals surface area (Å²) in [5.74, 6) is 0.928. The first kappa shape index (κ1) is 15.3. The van der Waals surface area contributed by atoms with Crippen molar-refractivity contribution in [1.82, 2.24) is 19.7 Å². The van der Waals surface area contributed by atoms with Crippen LogP contribution in [0, 0.1) is 11.3 Å². The molecule has 6 heteroatoms. The van der Waals surface area contributed by atoms with Gasteiger partial charge in [-0.15, -0.1) is 10.2 Å². The molecule has 0 spiro atoms. The van der Waals surface area contributed by atoms with Crippen molar-refractivity contribution < 1.29 is 0 Å². The van der Waals surface area contributed by atoms with Crippen molar-refractivity contribution in [3.05, 3.63) is 65.6 Å². The second kappa shape index (κ2) is 7.07. The highest BCUT2D eigenvalue weighted by Crippen LogP contribution is 2.25. The molecule has 0 atom stereocenters. The lowest BCUT2D eigenvalue weighted by atomic mass is 10.1. The normalized spacial score (nSPS) is 10.4. The van der Waals surface area contributed by atoms with E-state index in [2.05, 4.69) is 44.9 Å². The monoisotopic (exact) mass is 321 g/mol. The fourth-order valence-electron chi connectivity index (χ4n) is 2.25. The highest BCUT2D eigenvalue weighted by molar-refractivity contribution is 7.99. The van der Waals surface area contributed by atoms with Gasteiger partial charge in [0.05, 0.1) is 0 Å². The molecule has 0 saturated heterocycles. The maximum atomic E-state index is 8.94. The van der Waals surface area contributed by atoms with E-state index < -0.39 is 0 Å². The van der Waals surface area contributed by atoms with Crippen LogP contribution in [-0.4, -0.2) is 19.7 Å². The van der Waals surface area contributed by atoms with Crippen molar-refractivity contribution in [2.45, 2.75) is 30.1 Å². The minimum Gasteiger partial charge on any atom is -0.306 e. The first-order chi connectivity index (χ1) is 11.3. The van der Waals surface area contributed by atoms with E-state index in [0.717, 1.165) is 29.0 Å². The van der Waals surface area contributed by atoms with Gasteiger partial charge in [0, 0.05) is 13.0 Å². The van der Waals surface area contributed by atoms with E-state index in [4.69, 9.17) is 5.26 Å². The van der Waals surface area contributed by atoms with Crippen LogP contribution in [0.25, 0.3) is 0 Å². The predicted molar refractivity (Wildman–Crippen MR) is 88.0 cm³/mol. The van der Waals surface area contributed by atoms with Gasteiger partial charge in [-0.25, -0.2) is 4.98 Å². The van der Waals surface area contributed by atoms with Crippen LogP contribution in [-0.2, 0) is 13.0 Å². The van der Waals surface area contributed by atoms with E-state index in [1.807, 2.05) is 30.3 Å². The molecule has 3 rings (SSSR count). The number of benzene rings is 1. The van der Waals surface area contributed by atoms with Crippen molar-refractivity contribution in [3.63, 3.8) is 0 Å². The van der Waals surface area contributed by atoms with E-state index in [-0.39, 0.29) is 0 Å². The van der Waals surface area contributed by atoms with Gasteiger partial charge in [-0.05, 0) is 36.4 Å². The minimum absolute atomic E-state index is 0.405. The molecule has 0 saturated carbocycles. The number of hydrogen-bond donors (Lipinski definition) is 0. The Labute approximate surface area is 139 Å². The zero-order valence-corrected chi connectivity index (χ0v) is 13.5. The van der Waals surface area contributed by atoms with Gasteiger partial charge in [0.15, 0.2) is 5.16 Å². The van der Waals surface area contributed by atoms with Crippen molar-refractivity contribution in [2.24, 2.45) is 0 Å². The molecule has 0 aliphatic heterocycles. The number of aromatic nitrogens is 4. The molecular weight excluding hydrogens is 306 g/mol. The maximum Gasteiger partial charge on any atom is 0.197 e. The van der Waals surface area contributed by atoms with Gasteiger partial charge in [0.25, 0.3) is 0 Å². The molecule has 0 amide bonds. The molecule has 114 valence electrons. The average Bonchev–Trinajstić information content (AvgIpc) is 2.97. The average molecular weight is 321 g/mol. The van der Waals surface area contributed by atoms with E-state index in [1.54, 1.807) is 6.07 Å². The molecule has 0 fully saturated rings. The third-order valence-corrected chi connectivity index (χ3v) is 4.27. The van der Waals surface area contributed by atoms with Crippen molar-refractivity contribution in [1.29, 1.82) is 5.26 Å². The zero-order chi connectivity index (χ0) is 16.1. The van der Waals surface area contributed by atoms with Gasteiger partial charge in [-0.2, -0.15) is 5.26 Å². The van der Waals surface area contributed by atoms with Crippen LogP contribution in [0.3, 0.4) is 0 Å². The Morgan fingerprint density at radius 3 is 2.65 bits per heavy atom. The Balaban J connectivity index is 1.84. The summed E-state index contributed by atoms with van der Waals surface area (Å²) in [6.45, 7) is 2.86. The summed E-state index contributed by atoms with van der Waals surface area (Å²) in [7, 11) is 0. The number of nitriles is 1. The van der Waals surface area contributed by atoms with Crippen molar-refractivity contribution in [2.75, 3.05) is 0 Å². The Morgan fingerprint density at radius 2 is 1.91 bits per heavy atom. The summed E-state index contributed by atoms with van der Waals surface area (Å²) in [5.41, 5.74) is 1.61. The Kier molecular flexibility index (Phi) is 4.69. The van der Waals surface area contributed by atoms with Gasteiger partial charge in [-0.1, -0.05) is 36.4 Å². The van der Waals surface area contributed by atoms with Crippen molar-refractivity contribution in [3.8, 4) is 6.07 Å². The van der Waals surface area contributed by atoms with Crippen LogP contribution in [0.4, 0.5) is 0 Å². The second-order valence-electron chi connectivity index (χ2n) is 4.88. The van der Waals surface area contributed by atoms with Crippen LogP contribution < -0.4 is 0 Å². The molecule has 0 radical (unpaired) electrons. The van der Waals surface area contributed by atoms with Crippen molar-refractivity contribution >= 4 is 11.8 Å². The highest BCUT2D eigenvalue weighted by atomic mass is 32.2. The Bertz CT molecular complexity index is 836. The summed E-state index contributed by atoms with van der Waals surface area (Å²) < 4.78 is 2.08. The molecule has 0 bridgehead atoms. The SMILES string of the molecule is CCn1c(Cc2ccccc2)nnc1Sc1cccc(C#N)n1. The van der Waals surface area contributed by atoms with E-state index in [0.29, 0.717) is 5.69 Å². The quantitative estimate of drug-likeness (QED) is 0.721. The molecule has 0 unspecified atom stereocenters. The Hall–Kier alpha value is -2.65. The van der Waals surface area contributed by atoms with Crippen LogP contribution in [0.2, 0.25) is 0 Å². The van der Waals surface area contributed by atoms with E-state index >= 15 is 0 Å². The fraction of sp³-hybridized carbons (Fsp3) is 0.176. The van der Waals surface area contributed by atoms with Gasteiger partial charge in [0.1, 0.15) is 22.6 Å². The number of pyridine rings is 1. The lowest BCUT2D eigenvalue weighted by molar-refractivity contribution is 0.651. The zero-order valence-electron chi connectivity index (χ0n) is 12.7. The molecular formula is C17H15N5S. The molecule has 1 aromatic carbocycles. The summed E-state index contributed by atoms with van der Waals surface area (Å²) in [4.78, 5) is 4.28. The number of rotatable bonds is 5. The lowest BCUT2D eigenvalue weighted by Gasteiger charge is -2.07. The van der Waals surface area contributed by atoms with Crippen LogP contribution in [0.15, 0.2) is 58.7 Å². The molecule has 0 N–H and O–H groups in total. The first-order valence-corrected chi connectivity index (χ1v) is 8.13. The van der Waals surface area contributed by atoms with Gasteiger partial charge < -0.3 is 4.57 Å². The highest BCUT2D eigenvalue weighted by Gasteiger charge is 2.13. The first-order valence-electron chi connectivity index (χ1n) is 7.31. The van der Waals surface area contributed by atoms with Crippen LogP contribution >= 0.6 is 11.8 Å². The largest absolute Gasteiger partial charge is 0.306 e. The number of nitrogens with zero attached hydrogens (tertiary/aromatic N) is 5. The molecule has 0 aliphatic rings. The summed E-state index contributed by atoms with van der Waals surface area (Å²) >= 11 is 1.43. The van der Waals surface area contributed by atoms with Crippen LogP contribution in [0.1, 0.15) is 24.0 Å². The minimum atomic E-state index is 0.405. The molecule has 23 heavy (non-hydrogen) atoms.